The van der Waals surface area contributed by atoms with Gasteiger partial charge < -0.3 is 10.4 Å². The highest BCUT2D eigenvalue weighted by Crippen LogP contribution is 2.45. The summed E-state index contributed by atoms with van der Waals surface area (Å²) in [5.74, 6) is 0.374. The Morgan fingerprint density at radius 1 is 1.30 bits per heavy atom. The number of hydrogen-bond donors (Lipinski definition) is 2. The van der Waals surface area contributed by atoms with Gasteiger partial charge in [-0.2, -0.15) is 0 Å². The van der Waals surface area contributed by atoms with Crippen molar-refractivity contribution in [2.75, 3.05) is 26.2 Å². The van der Waals surface area contributed by atoms with E-state index in [-0.39, 0.29) is 17.6 Å². The number of halogens is 1. The van der Waals surface area contributed by atoms with Crippen LogP contribution < -0.4 is 5.32 Å². The minimum atomic E-state index is -0.261. The van der Waals surface area contributed by atoms with E-state index in [1.165, 1.54) is 12.5 Å². The number of phenolic OH excluding ortho intramolecular Hbond substituents is 1. The Hall–Kier alpha value is -1.13. The second-order valence-electron chi connectivity index (χ2n) is 6.05. The third kappa shape index (κ3) is 2.42. The van der Waals surface area contributed by atoms with Gasteiger partial charge in [-0.15, -0.1) is 0 Å². The number of piperazine rings is 1. The Morgan fingerprint density at radius 3 is 2.60 bits per heavy atom. The Bertz CT molecular complexity index is 482. The molecule has 1 saturated heterocycles. The summed E-state index contributed by atoms with van der Waals surface area (Å²) in [4.78, 5) is 2.35. The fraction of sp³-hybridized carbons (Fsp3) is 0.625. The average molecular weight is 278 g/mol. The van der Waals surface area contributed by atoms with E-state index in [4.69, 9.17) is 0 Å². The lowest BCUT2D eigenvalue weighted by atomic mass is 9.75. The van der Waals surface area contributed by atoms with Gasteiger partial charge in [0.25, 0.3) is 0 Å². The van der Waals surface area contributed by atoms with Crippen molar-refractivity contribution in [2.24, 2.45) is 5.92 Å². The largest absolute Gasteiger partial charge is 0.507 e. The number of benzene rings is 1. The summed E-state index contributed by atoms with van der Waals surface area (Å²) in [6, 6.07) is 3.19. The molecule has 0 unspecified atom stereocenters. The zero-order chi connectivity index (χ0) is 14.1. The monoisotopic (exact) mass is 278 g/mol. The number of hydrogen-bond acceptors (Lipinski definition) is 3. The minimum absolute atomic E-state index is 0.0331. The highest BCUT2D eigenvalue weighted by molar-refractivity contribution is 5.43. The molecule has 4 heteroatoms. The van der Waals surface area contributed by atoms with E-state index in [1.54, 1.807) is 6.07 Å². The van der Waals surface area contributed by atoms with Gasteiger partial charge in [-0.25, -0.2) is 4.39 Å². The van der Waals surface area contributed by atoms with Crippen LogP contribution in [0.1, 0.15) is 36.4 Å². The topological polar surface area (TPSA) is 35.5 Å². The SMILES string of the molecule is Cc1ccc(F)c([C@@H](C2CCC2)N2CCNCC2)c1O. The van der Waals surface area contributed by atoms with E-state index in [0.29, 0.717) is 11.5 Å². The van der Waals surface area contributed by atoms with Crippen LogP contribution in [-0.2, 0) is 0 Å². The molecule has 1 aromatic rings. The Balaban J connectivity index is 1.98. The lowest BCUT2D eigenvalue weighted by molar-refractivity contribution is 0.0792. The summed E-state index contributed by atoms with van der Waals surface area (Å²) >= 11 is 0. The molecule has 0 amide bonds. The second-order valence-corrected chi connectivity index (χ2v) is 6.05. The van der Waals surface area contributed by atoms with E-state index in [1.807, 2.05) is 6.92 Å². The zero-order valence-electron chi connectivity index (χ0n) is 12.0. The van der Waals surface area contributed by atoms with Crippen LogP contribution in [0, 0.1) is 18.7 Å². The predicted octanol–water partition coefficient (Wildman–Crippen LogP) is 2.59. The van der Waals surface area contributed by atoms with Crippen LogP contribution in [0.3, 0.4) is 0 Å². The summed E-state index contributed by atoms with van der Waals surface area (Å²) in [6.45, 7) is 5.57. The zero-order valence-corrected chi connectivity index (χ0v) is 12.0. The molecule has 1 aliphatic carbocycles. The highest BCUT2D eigenvalue weighted by atomic mass is 19.1. The molecule has 3 nitrogen and oxygen atoms in total. The summed E-state index contributed by atoms with van der Waals surface area (Å²) in [7, 11) is 0. The molecule has 2 aliphatic rings. The third-order valence-corrected chi connectivity index (χ3v) is 4.80. The van der Waals surface area contributed by atoms with Crippen LogP contribution in [-0.4, -0.2) is 36.2 Å². The van der Waals surface area contributed by atoms with Crippen molar-refractivity contribution < 1.29 is 9.50 Å². The molecule has 110 valence electrons. The Morgan fingerprint density at radius 2 is 2.00 bits per heavy atom. The van der Waals surface area contributed by atoms with Crippen molar-refractivity contribution >= 4 is 0 Å². The molecule has 0 radical (unpaired) electrons. The molecule has 2 N–H and O–H groups in total. The first-order valence-electron chi connectivity index (χ1n) is 7.61. The van der Waals surface area contributed by atoms with Crippen molar-refractivity contribution in [2.45, 2.75) is 32.2 Å². The van der Waals surface area contributed by atoms with Crippen LogP contribution >= 0.6 is 0 Å². The number of nitrogens with one attached hydrogen (secondary N) is 1. The van der Waals surface area contributed by atoms with Crippen LogP contribution in [0.15, 0.2) is 12.1 Å². The number of phenols is 1. The van der Waals surface area contributed by atoms with Gasteiger partial charge in [0.2, 0.25) is 0 Å². The van der Waals surface area contributed by atoms with Gasteiger partial charge in [0.15, 0.2) is 0 Å². The van der Waals surface area contributed by atoms with E-state index >= 15 is 0 Å². The highest BCUT2D eigenvalue weighted by Gasteiger charge is 2.36. The lowest BCUT2D eigenvalue weighted by Gasteiger charge is -2.43. The molecule has 1 atom stereocenters. The van der Waals surface area contributed by atoms with E-state index in [2.05, 4.69) is 10.2 Å². The molecule has 0 bridgehead atoms. The molecule has 0 spiro atoms. The van der Waals surface area contributed by atoms with Gasteiger partial charge in [0, 0.05) is 37.8 Å². The van der Waals surface area contributed by atoms with E-state index in [0.717, 1.165) is 44.6 Å². The van der Waals surface area contributed by atoms with E-state index < -0.39 is 0 Å². The number of rotatable bonds is 3. The molecule has 1 aliphatic heterocycles. The van der Waals surface area contributed by atoms with Crippen molar-refractivity contribution in [3.05, 3.63) is 29.1 Å². The van der Waals surface area contributed by atoms with Crippen LogP contribution in [0.5, 0.6) is 5.75 Å². The number of aromatic hydroxyl groups is 1. The molecule has 0 aromatic heterocycles. The minimum Gasteiger partial charge on any atom is -0.507 e. The molecule has 20 heavy (non-hydrogen) atoms. The third-order valence-electron chi connectivity index (χ3n) is 4.80. The molecule has 1 heterocycles. The van der Waals surface area contributed by atoms with Gasteiger partial charge in [-0.1, -0.05) is 12.5 Å². The Kier molecular flexibility index (Phi) is 3.94. The van der Waals surface area contributed by atoms with Crippen molar-refractivity contribution in [3.63, 3.8) is 0 Å². The van der Waals surface area contributed by atoms with Crippen LogP contribution in [0.25, 0.3) is 0 Å². The van der Waals surface area contributed by atoms with Gasteiger partial charge in [0.1, 0.15) is 11.6 Å². The fourth-order valence-electron chi connectivity index (χ4n) is 3.41. The first-order valence-corrected chi connectivity index (χ1v) is 7.61. The second kappa shape index (κ2) is 5.70. The summed E-state index contributed by atoms with van der Waals surface area (Å²) < 4.78 is 14.4. The number of nitrogens with zero attached hydrogens (tertiary/aromatic N) is 1. The molecule has 1 saturated carbocycles. The maximum absolute atomic E-state index is 14.4. The van der Waals surface area contributed by atoms with E-state index in [9.17, 15) is 9.50 Å². The molecule has 1 aromatic carbocycles. The lowest BCUT2D eigenvalue weighted by Crippen LogP contribution is -2.48. The first-order chi connectivity index (χ1) is 9.68. The Labute approximate surface area is 119 Å². The molecule has 3 rings (SSSR count). The van der Waals surface area contributed by atoms with Crippen LogP contribution in [0.4, 0.5) is 4.39 Å². The molecular formula is C16H23FN2O. The summed E-state index contributed by atoms with van der Waals surface area (Å²) in [6.07, 6.45) is 3.50. The summed E-state index contributed by atoms with van der Waals surface area (Å²) in [5.41, 5.74) is 1.29. The standard InChI is InChI=1S/C16H23FN2O/c1-11-5-6-13(17)14(16(11)20)15(12-3-2-4-12)19-9-7-18-8-10-19/h5-6,12,15,18,20H,2-4,7-10H2,1H3/t15-/m1/s1. The van der Waals surface area contributed by atoms with Crippen molar-refractivity contribution in [1.82, 2.24) is 10.2 Å². The maximum Gasteiger partial charge on any atom is 0.131 e. The normalized spacial score (nSPS) is 22.5. The fourth-order valence-corrected chi connectivity index (χ4v) is 3.41. The van der Waals surface area contributed by atoms with Crippen molar-refractivity contribution in [3.8, 4) is 5.75 Å². The average Bonchev–Trinajstić information content (AvgIpc) is 2.41. The van der Waals surface area contributed by atoms with Gasteiger partial charge in [-0.05, 0) is 37.3 Å². The smallest absolute Gasteiger partial charge is 0.131 e. The van der Waals surface area contributed by atoms with Crippen molar-refractivity contribution in [1.29, 1.82) is 0 Å². The molecule has 2 fully saturated rings. The first kappa shape index (κ1) is 13.8. The molecular weight excluding hydrogens is 255 g/mol. The van der Waals surface area contributed by atoms with Gasteiger partial charge in [-0.3, -0.25) is 4.90 Å². The van der Waals surface area contributed by atoms with Gasteiger partial charge in [0.05, 0.1) is 0 Å². The quantitative estimate of drug-likeness (QED) is 0.892. The number of aryl methyl sites for hydroxylation is 1. The van der Waals surface area contributed by atoms with Crippen LogP contribution in [0.2, 0.25) is 0 Å². The predicted molar refractivity (Wildman–Crippen MR) is 77.3 cm³/mol. The van der Waals surface area contributed by atoms with Gasteiger partial charge >= 0.3 is 0 Å². The maximum atomic E-state index is 14.4. The summed E-state index contributed by atoms with van der Waals surface area (Å²) in [5, 5.41) is 13.7.